The first-order chi connectivity index (χ1) is 10.6. The van der Waals surface area contributed by atoms with Crippen LogP contribution in [0.3, 0.4) is 0 Å². The molecule has 23 heavy (non-hydrogen) atoms. The topological polar surface area (TPSA) is 68.0 Å². The fraction of sp³-hybridized carbons (Fsp3) is 0.375. The zero-order valence-electron chi connectivity index (χ0n) is 12.7. The highest BCUT2D eigenvalue weighted by atomic mass is 35.5. The van der Waals surface area contributed by atoms with Crippen molar-refractivity contribution in [1.82, 2.24) is 10.3 Å². The van der Waals surface area contributed by atoms with E-state index in [2.05, 4.69) is 17.2 Å². The molecule has 2 aromatic rings. The van der Waals surface area contributed by atoms with Gasteiger partial charge in [0.15, 0.2) is 0 Å². The normalized spacial score (nSPS) is 20.5. The van der Waals surface area contributed by atoms with Gasteiger partial charge in [-0.3, -0.25) is 4.79 Å². The number of amides is 1. The Morgan fingerprint density at radius 1 is 1.48 bits per heavy atom. The Balaban J connectivity index is 0.00000192. The standard InChI is InChI=1S/C16H18ClN3OS.ClH/c1-9-6-12(9)15(10-2-4-11(17)5-3-10)20-16(21)13-8-22-14(7-18)19-13;/h2-5,8-9,12,15H,6-7,18H2,1H3,(H,20,21);1H. The van der Waals surface area contributed by atoms with Gasteiger partial charge in [-0.25, -0.2) is 4.98 Å². The van der Waals surface area contributed by atoms with Gasteiger partial charge in [0.25, 0.3) is 5.91 Å². The predicted octanol–water partition coefficient (Wildman–Crippen LogP) is 3.80. The second-order valence-electron chi connectivity index (χ2n) is 5.71. The number of aromatic nitrogens is 1. The van der Waals surface area contributed by atoms with Crippen molar-refractivity contribution in [1.29, 1.82) is 0 Å². The average molecular weight is 372 g/mol. The highest BCUT2D eigenvalue weighted by Crippen LogP contribution is 2.47. The average Bonchev–Trinajstić information content (AvgIpc) is 3.04. The number of thiazole rings is 1. The predicted molar refractivity (Wildman–Crippen MR) is 96.2 cm³/mol. The maximum absolute atomic E-state index is 12.4. The molecule has 0 saturated heterocycles. The van der Waals surface area contributed by atoms with Crippen LogP contribution in [0, 0.1) is 11.8 Å². The van der Waals surface area contributed by atoms with Crippen LogP contribution in [0.1, 0.15) is 40.4 Å². The summed E-state index contributed by atoms with van der Waals surface area (Å²) in [4.78, 5) is 16.7. The van der Waals surface area contributed by atoms with Gasteiger partial charge in [0.05, 0.1) is 6.04 Å². The van der Waals surface area contributed by atoms with Crippen LogP contribution in [0.2, 0.25) is 5.02 Å². The summed E-state index contributed by atoms with van der Waals surface area (Å²) in [5.41, 5.74) is 7.08. The fourth-order valence-electron chi connectivity index (χ4n) is 2.65. The molecule has 3 unspecified atom stereocenters. The number of hydrogen-bond donors (Lipinski definition) is 2. The quantitative estimate of drug-likeness (QED) is 0.839. The maximum Gasteiger partial charge on any atom is 0.271 e. The molecule has 4 nitrogen and oxygen atoms in total. The Morgan fingerprint density at radius 3 is 2.65 bits per heavy atom. The van der Waals surface area contributed by atoms with E-state index in [0.29, 0.717) is 29.1 Å². The van der Waals surface area contributed by atoms with Crippen molar-refractivity contribution >= 4 is 41.3 Å². The van der Waals surface area contributed by atoms with Gasteiger partial charge in [-0.15, -0.1) is 23.7 Å². The number of halogens is 2. The first kappa shape index (κ1) is 18.2. The second kappa shape index (κ2) is 7.62. The van der Waals surface area contributed by atoms with Gasteiger partial charge < -0.3 is 11.1 Å². The van der Waals surface area contributed by atoms with Crippen molar-refractivity contribution in [2.24, 2.45) is 17.6 Å². The molecule has 3 atom stereocenters. The minimum Gasteiger partial charge on any atom is -0.344 e. The number of nitrogens with two attached hydrogens (primary N) is 1. The number of rotatable bonds is 5. The van der Waals surface area contributed by atoms with E-state index in [1.54, 1.807) is 5.38 Å². The number of nitrogens with one attached hydrogen (secondary N) is 1. The van der Waals surface area contributed by atoms with Crippen molar-refractivity contribution in [2.75, 3.05) is 0 Å². The smallest absolute Gasteiger partial charge is 0.271 e. The lowest BCUT2D eigenvalue weighted by atomic mass is 10.0. The van der Waals surface area contributed by atoms with Crippen molar-refractivity contribution in [2.45, 2.75) is 25.9 Å². The Bertz CT molecular complexity index is 674. The fourth-order valence-corrected chi connectivity index (χ4v) is 3.43. The lowest BCUT2D eigenvalue weighted by Gasteiger charge is -2.19. The first-order valence-corrected chi connectivity index (χ1v) is 8.55. The summed E-state index contributed by atoms with van der Waals surface area (Å²) in [6.07, 6.45) is 1.12. The van der Waals surface area contributed by atoms with Crippen LogP contribution in [0.15, 0.2) is 29.6 Å². The molecule has 1 aromatic heterocycles. The molecule has 0 bridgehead atoms. The number of nitrogens with zero attached hydrogens (tertiary/aromatic N) is 1. The summed E-state index contributed by atoms with van der Waals surface area (Å²) in [7, 11) is 0. The summed E-state index contributed by atoms with van der Waals surface area (Å²) in [6, 6.07) is 7.68. The Hall–Kier alpha value is -1.14. The van der Waals surface area contributed by atoms with Crippen LogP contribution < -0.4 is 11.1 Å². The third kappa shape index (κ3) is 4.23. The minimum absolute atomic E-state index is 0. The van der Waals surface area contributed by atoms with E-state index in [4.69, 9.17) is 17.3 Å². The van der Waals surface area contributed by atoms with Crippen LogP contribution in [0.25, 0.3) is 0 Å². The van der Waals surface area contributed by atoms with E-state index in [0.717, 1.165) is 17.0 Å². The van der Waals surface area contributed by atoms with Gasteiger partial charge in [0.2, 0.25) is 0 Å². The van der Waals surface area contributed by atoms with Gasteiger partial charge >= 0.3 is 0 Å². The molecule has 1 amide bonds. The Kier molecular flexibility index (Phi) is 6.03. The maximum atomic E-state index is 12.4. The van der Waals surface area contributed by atoms with Crippen molar-refractivity contribution < 1.29 is 4.79 Å². The van der Waals surface area contributed by atoms with E-state index in [1.807, 2.05) is 24.3 Å². The molecule has 3 N–H and O–H groups in total. The number of carbonyl (C=O) groups excluding carboxylic acids is 1. The number of carbonyl (C=O) groups is 1. The summed E-state index contributed by atoms with van der Waals surface area (Å²) in [5.74, 6) is 0.948. The Morgan fingerprint density at radius 2 is 2.13 bits per heavy atom. The third-order valence-corrected chi connectivity index (χ3v) is 5.20. The lowest BCUT2D eigenvalue weighted by molar-refractivity contribution is 0.0926. The molecule has 1 aromatic carbocycles. The number of benzene rings is 1. The molecule has 0 spiro atoms. The zero-order chi connectivity index (χ0) is 15.7. The monoisotopic (exact) mass is 371 g/mol. The molecular weight excluding hydrogens is 353 g/mol. The van der Waals surface area contributed by atoms with E-state index in [-0.39, 0.29) is 24.4 Å². The van der Waals surface area contributed by atoms with E-state index >= 15 is 0 Å². The zero-order valence-corrected chi connectivity index (χ0v) is 15.0. The molecule has 1 saturated carbocycles. The van der Waals surface area contributed by atoms with Crippen LogP contribution in [0.5, 0.6) is 0 Å². The third-order valence-electron chi connectivity index (χ3n) is 4.07. The first-order valence-electron chi connectivity index (χ1n) is 7.29. The molecule has 3 rings (SSSR count). The lowest BCUT2D eigenvalue weighted by Crippen LogP contribution is -2.30. The molecule has 1 aliphatic rings. The summed E-state index contributed by atoms with van der Waals surface area (Å²) < 4.78 is 0. The summed E-state index contributed by atoms with van der Waals surface area (Å²) in [6.45, 7) is 2.56. The van der Waals surface area contributed by atoms with E-state index in [1.165, 1.54) is 11.3 Å². The molecule has 7 heteroatoms. The molecule has 1 fully saturated rings. The highest BCUT2D eigenvalue weighted by Gasteiger charge is 2.41. The van der Waals surface area contributed by atoms with Crippen LogP contribution in [0.4, 0.5) is 0 Å². The van der Waals surface area contributed by atoms with Crippen LogP contribution >= 0.6 is 35.3 Å². The minimum atomic E-state index is -0.144. The van der Waals surface area contributed by atoms with Crippen molar-refractivity contribution in [3.05, 3.63) is 50.9 Å². The van der Waals surface area contributed by atoms with Gasteiger partial charge in [-0.1, -0.05) is 30.7 Å². The van der Waals surface area contributed by atoms with Crippen LogP contribution in [-0.4, -0.2) is 10.9 Å². The van der Waals surface area contributed by atoms with E-state index < -0.39 is 0 Å². The number of hydrogen-bond acceptors (Lipinski definition) is 4. The van der Waals surface area contributed by atoms with Gasteiger partial charge in [-0.2, -0.15) is 0 Å². The van der Waals surface area contributed by atoms with Crippen LogP contribution in [-0.2, 0) is 6.54 Å². The van der Waals surface area contributed by atoms with Gasteiger partial charge in [-0.05, 0) is 36.0 Å². The molecule has 124 valence electrons. The highest BCUT2D eigenvalue weighted by molar-refractivity contribution is 7.09. The molecule has 1 heterocycles. The second-order valence-corrected chi connectivity index (χ2v) is 7.09. The SMILES string of the molecule is CC1CC1C(NC(=O)c1csc(CN)n1)c1ccc(Cl)cc1.Cl. The van der Waals surface area contributed by atoms with Crippen molar-refractivity contribution in [3.8, 4) is 0 Å². The largest absolute Gasteiger partial charge is 0.344 e. The molecule has 0 aliphatic heterocycles. The van der Waals surface area contributed by atoms with Gasteiger partial charge in [0, 0.05) is 16.9 Å². The summed E-state index contributed by atoms with van der Waals surface area (Å²) in [5, 5.41) is 6.35. The van der Waals surface area contributed by atoms with E-state index in [9.17, 15) is 4.79 Å². The molecule has 0 radical (unpaired) electrons. The van der Waals surface area contributed by atoms with Gasteiger partial charge in [0.1, 0.15) is 10.7 Å². The van der Waals surface area contributed by atoms with Crippen molar-refractivity contribution in [3.63, 3.8) is 0 Å². The summed E-state index contributed by atoms with van der Waals surface area (Å²) >= 11 is 7.37. The molecule has 1 aliphatic carbocycles. The molecular formula is C16H19Cl2N3OS. The Labute approximate surface area is 150 Å².